The number of aliphatic hydroxyl groups is 1. The molecule has 0 aromatic carbocycles. The van der Waals surface area contributed by atoms with Gasteiger partial charge in [0.25, 0.3) is 0 Å². The van der Waals surface area contributed by atoms with Crippen molar-refractivity contribution in [3.8, 4) is 0 Å². The average Bonchev–Trinajstić information content (AvgIpc) is 2.92. The van der Waals surface area contributed by atoms with Crippen LogP contribution in [0.4, 0.5) is 0 Å². The Kier molecular flexibility index (Phi) is 14.1. The maximum atomic E-state index is 12.3. The number of carbonyl (C=O) groups is 1. The van der Waals surface area contributed by atoms with Crippen LogP contribution in [0.1, 0.15) is 91.9 Å². The van der Waals surface area contributed by atoms with Crippen LogP contribution in [0.25, 0.3) is 0 Å². The van der Waals surface area contributed by atoms with Gasteiger partial charge in [-0.05, 0) is 44.1 Å². The molecule has 1 N–H and O–H groups in total. The van der Waals surface area contributed by atoms with Crippen LogP contribution in [0.2, 0.25) is 13.3 Å². The Bertz CT molecular complexity index is 511. The third kappa shape index (κ3) is 7.91. The second kappa shape index (κ2) is 15.4. The third-order valence-electron chi connectivity index (χ3n) is 6.85. The molecule has 3 atom stereocenters. The second-order valence-corrected chi connectivity index (χ2v) is 17.6. The van der Waals surface area contributed by atoms with Crippen molar-refractivity contribution in [2.45, 2.75) is 105 Å². The molecule has 2 aliphatic rings. The summed E-state index contributed by atoms with van der Waals surface area (Å²) in [6, 6.07) is 0. The van der Waals surface area contributed by atoms with Crippen LogP contribution < -0.4 is 0 Å². The minimum atomic E-state index is -0.839. The fraction of sp³-hybridized carbons (Fsp3) is 0.808. The van der Waals surface area contributed by atoms with Crippen molar-refractivity contribution in [1.82, 2.24) is 0 Å². The van der Waals surface area contributed by atoms with Crippen LogP contribution >= 0.6 is 0 Å². The molecule has 2 bridgehead atoms. The Morgan fingerprint density at radius 3 is 2.13 bits per heavy atom. The normalized spacial score (nSPS) is 24.8. The number of unbranched alkanes of at least 4 members (excludes halogenated alkanes) is 3. The van der Waals surface area contributed by atoms with Gasteiger partial charge in [0.05, 0.1) is 17.8 Å². The molecule has 1 radical (unpaired) electrons. The van der Waals surface area contributed by atoms with Gasteiger partial charge in [0.1, 0.15) is 0 Å². The molecule has 3 nitrogen and oxygen atoms in total. The molecule has 0 aromatic rings. The van der Waals surface area contributed by atoms with Crippen LogP contribution in [0.5, 0.6) is 0 Å². The van der Waals surface area contributed by atoms with Crippen molar-refractivity contribution in [2.24, 2.45) is 17.3 Å². The first kappa shape index (κ1) is 27.6. The number of hydrogen-bond donors (Lipinski definition) is 1. The molecule has 0 saturated heterocycles. The third-order valence-corrected chi connectivity index (χ3v) is 15.9. The monoisotopic (exact) mass is 527 g/mol. The standard InChI is InChI=1S/C14H20O3.3C4H9.Sn/c1-3-7-14(13(16)17-4-2)10-5-6-11(14)9-12(15)8-10;3*1-3-4-2;/h3,8,10-11,15H,1,4-7,9H2,2H3;3*1,3-4H2,2H3;/t10-,11+,14-;;;;/m0..../s1. The van der Waals surface area contributed by atoms with E-state index >= 15 is 0 Å². The van der Waals surface area contributed by atoms with Crippen molar-refractivity contribution < 1.29 is 14.6 Å². The molecular formula is C26H47O3Sn. The summed E-state index contributed by atoms with van der Waals surface area (Å²) >= 11 is -0.839. The molecule has 1 saturated carbocycles. The van der Waals surface area contributed by atoms with Crippen LogP contribution in [-0.2, 0) is 9.53 Å². The summed E-state index contributed by atoms with van der Waals surface area (Å²) < 4.78 is 10.3. The number of fused-ring (bicyclic) bond motifs is 2. The first-order valence-electron chi connectivity index (χ1n) is 12.5. The number of hydrogen-bond acceptors (Lipinski definition) is 3. The van der Waals surface area contributed by atoms with E-state index in [1.165, 1.54) is 38.5 Å². The van der Waals surface area contributed by atoms with Crippen LogP contribution in [0.3, 0.4) is 0 Å². The van der Waals surface area contributed by atoms with Crippen molar-refractivity contribution in [2.75, 3.05) is 6.61 Å². The van der Waals surface area contributed by atoms with Crippen molar-refractivity contribution in [1.29, 1.82) is 0 Å². The summed E-state index contributed by atoms with van der Waals surface area (Å²) in [7, 11) is 0. The number of rotatable bonds is 13. The Hall–Kier alpha value is -0.451. The van der Waals surface area contributed by atoms with E-state index in [0.29, 0.717) is 25.2 Å². The van der Waals surface area contributed by atoms with Crippen molar-refractivity contribution >= 4 is 25.7 Å². The zero-order chi connectivity index (χ0) is 22.4. The van der Waals surface area contributed by atoms with Crippen LogP contribution in [0.15, 0.2) is 24.5 Å². The molecule has 0 aliphatic heterocycles. The van der Waals surface area contributed by atoms with Crippen molar-refractivity contribution in [3.05, 3.63) is 24.5 Å². The molecule has 173 valence electrons. The average molecular weight is 526 g/mol. The molecule has 2 rings (SSSR count). The van der Waals surface area contributed by atoms with Crippen LogP contribution in [-0.4, -0.2) is 37.4 Å². The summed E-state index contributed by atoms with van der Waals surface area (Å²) in [5.74, 6) is 0.630. The van der Waals surface area contributed by atoms with Crippen molar-refractivity contribution in [3.63, 3.8) is 0 Å². The predicted molar refractivity (Wildman–Crippen MR) is 130 cm³/mol. The van der Waals surface area contributed by atoms with Gasteiger partial charge in [-0.1, -0.05) is 6.08 Å². The number of carbonyl (C=O) groups excluding carboxylic acids is 1. The molecule has 0 aromatic heterocycles. The topological polar surface area (TPSA) is 46.5 Å². The first-order chi connectivity index (χ1) is 14.5. The van der Waals surface area contributed by atoms with Gasteiger partial charge >= 0.3 is 98.3 Å². The molecular weight excluding hydrogens is 479 g/mol. The first-order valence-corrected chi connectivity index (χ1v) is 18.6. The second-order valence-electron chi connectivity index (χ2n) is 9.06. The van der Waals surface area contributed by atoms with Gasteiger partial charge in [0.15, 0.2) is 0 Å². The van der Waals surface area contributed by atoms with E-state index in [1.807, 2.05) is 13.0 Å². The van der Waals surface area contributed by atoms with E-state index in [0.717, 1.165) is 12.8 Å². The molecule has 1 fully saturated rings. The summed E-state index contributed by atoms with van der Waals surface area (Å²) in [4.78, 5) is 12.3. The predicted octanol–water partition coefficient (Wildman–Crippen LogP) is 7.87. The van der Waals surface area contributed by atoms with Crippen LogP contribution in [0, 0.1) is 17.3 Å². The van der Waals surface area contributed by atoms with Gasteiger partial charge in [-0.25, -0.2) is 0 Å². The van der Waals surface area contributed by atoms with Gasteiger partial charge in [0.2, 0.25) is 0 Å². The zero-order valence-electron chi connectivity index (χ0n) is 20.2. The summed E-state index contributed by atoms with van der Waals surface area (Å²) in [6.45, 7) is 13.0. The van der Waals surface area contributed by atoms with Gasteiger partial charge < -0.3 is 9.84 Å². The maximum absolute atomic E-state index is 12.3. The van der Waals surface area contributed by atoms with E-state index in [2.05, 4.69) is 27.4 Å². The molecule has 30 heavy (non-hydrogen) atoms. The summed E-state index contributed by atoms with van der Waals surface area (Å²) in [5, 5.41) is 9.69. The molecule has 0 spiro atoms. The minimum absolute atomic E-state index is 0.110. The Morgan fingerprint density at radius 1 is 1.13 bits per heavy atom. The number of allylic oxidation sites excluding steroid dienone is 3. The van der Waals surface area contributed by atoms with Gasteiger partial charge in [-0.2, -0.15) is 0 Å². The van der Waals surface area contributed by atoms with E-state index in [9.17, 15) is 9.90 Å². The van der Waals surface area contributed by atoms with Gasteiger partial charge in [0, 0.05) is 6.42 Å². The molecule has 0 unspecified atom stereocenters. The molecule has 2 aliphatic carbocycles. The Morgan fingerprint density at radius 2 is 1.70 bits per heavy atom. The van der Waals surface area contributed by atoms with Gasteiger partial charge in [-0.15, -0.1) is 6.58 Å². The van der Waals surface area contributed by atoms with Gasteiger partial charge in [-0.3, -0.25) is 4.79 Å². The summed E-state index contributed by atoms with van der Waals surface area (Å²) in [5.41, 5.74) is -0.468. The molecule has 4 heteroatoms. The molecule has 0 amide bonds. The zero-order valence-corrected chi connectivity index (χ0v) is 23.0. The Balaban J connectivity index is 0.000000314. The van der Waals surface area contributed by atoms with E-state index < -0.39 is 25.2 Å². The van der Waals surface area contributed by atoms with E-state index in [1.54, 1.807) is 19.4 Å². The quantitative estimate of drug-likeness (QED) is 0.151. The van der Waals surface area contributed by atoms with E-state index in [4.69, 9.17) is 4.74 Å². The van der Waals surface area contributed by atoms with E-state index in [-0.39, 0.29) is 17.8 Å². The fourth-order valence-corrected chi connectivity index (χ4v) is 14.6. The Labute approximate surface area is 193 Å². The summed E-state index contributed by atoms with van der Waals surface area (Å²) in [6.07, 6.45) is 15.7. The fourth-order valence-electron chi connectivity index (χ4n) is 5.15. The number of ether oxygens (including phenoxy) is 1. The number of aliphatic hydroxyl groups excluding tert-OH is 1. The molecule has 0 heterocycles. The number of esters is 1. The SMILES string of the molecule is C=CC[C@@]1(C(=O)OCC)[C@@H]2CC[C@H]1C=C(O)C2.CCC[CH2][Sn]([CH2]CCC)[CH2]CCC.